The lowest BCUT2D eigenvalue weighted by Crippen LogP contribution is -2.42. The molecule has 0 saturated carbocycles. The van der Waals surface area contributed by atoms with Gasteiger partial charge in [0.1, 0.15) is 17.8 Å². The number of hydrogen-bond donors (Lipinski definition) is 0. The van der Waals surface area contributed by atoms with Crippen LogP contribution in [-0.2, 0) is 34.1 Å². The number of unbranched alkanes of at least 4 members (excludes halogenated alkanes) is 15. The van der Waals surface area contributed by atoms with Crippen LogP contribution in [0.25, 0.3) is 0 Å². The Morgan fingerprint density at radius 1 is 0.608 bits per heavy atom. The van der Waals surface area contributed by atoms with Gasteiger partial charge in [-0.1, -0.05) is 194 Å². The third kappa shape index (κ3) is 12.9. The molecule has 0 radical (unpaired) electrons. The van der Waals surface area contributed by atoms with Gasteiger partial charge in [-0.3, -0.25) is 4.79 Å². The number of carbonyl (C=O) groups is 1. The number of rotatable bonds is 26. The molecule has 6 heteroatoms. The van der Waals surface area contributed by atoms with Crippen LogP contribution in [0.15, 0.2) is 91.0 Å². The Balaban J connectivity index is 1.27. The van der Waals surface area contributed by atoms with E-state index in [1.807, 2.05) is 54.6 Å². The zero-order valence-corrected chi connectivity index (χ0v) is 31.6. The first kappa shape index (κ1) is 40.7. The summed E-state index contributed by atoms with van der Waals surface area (Å²) in [5.41, 5.74) is 2.04. The Hall–Kier alpha value is -3.03. The van der Waals surface area contributed by atoms with Crippen LogP contribution < -0.4 is 0 Å². The minimum Gasteiger partial charge on any atom is -0.457 e. The molecule has 4 atom stereocenters. The Morgan fingerprint density at radius 2 is 1.02 bits per heavy atom. The van der Waals surface area contributed by atoms with Gasteiger partial charge >= 0.3 is 5.97 Å². The Bertz CT molecular complexity index is 1220. The van der Waals surface area contributed by atoms with Crippen molar-refractivity contribution in [3.63, 3.8) is 0 Å². The quantitative estimate of drug-likeness (QED) is 0.0472. The third-order valence-corrected chi connectivity index (χ3v) is 10.1. The molecule has 0 bridgehead atoms. The molecular formula is C45H64O6. The van der Waals surface area contributed by atoms with Gasteiger partial charge in [0, 0.05) is 20.6 Å². The summed E-state index contributed by atoms with van der Waals surface area (Å²) < 4.78 is 31.4. The zero-order valence-electron chi connectivity index (χ0n) is 31.6. The van der Waals surface area contributed by atoms with Gasteiger partial charge in [-0.15, -0.1) is 0 Å². The number of methoxy groups -OCH3 is 1. The van der Waals surface area contributed by atoms with Gasteiger partial charge in [-0.25, -0.2) is 0 Å². The highest BCUT2D eigenvalue weighted by atomic mass is 16.7. The van der Waals surface area contributed by atoms with Crippen LogP contribution in [0.4, 0.5) is 0 Å². The molecule has 0 unspecified atom stereocenters. The standard InChI is InChI=1S/C45H64O6/c1-4-5-6-7-8-9-10-11-12-13-14-15-16-17-18-28-35-48-43-42(50-37(2)46)41(51-44(43)47-3)36-49-45(38-29-22-19-23-30-38,39-31-24-20-25-32-39)40-33-26-21-27-34-40/h19-27,29-34,41-44H,4-18,28,35-36H2,1-3H3/t41-,42+,43-,44-/m1/s1. The molecule has 51 heavy (non-hydrogen) atoms. The third-order valence-electron chi connectivity index (χ3n) is 10.1. The number of ether oxygens (including phenoxy) is 5. The van der Waals surface area contributed by atoms with Gasteiger partial charge in [0.25, 0.3) is 0 Å². The van der Waals surface area contributed by atoms with Crippen molar-refractivity contribution in [3.8, 4) is 0 Å². The molecule has 0 aliphatic carbocycles. The SMILES string of the molecule is CCCCCCCCCCCCCCCCCCO[C@H]1[C@H](OC)O[C@H](COC(c2ccccc2)(c2ccccc2)c2ccccc2)[C@@H]1OC(C)=O. The molecule has 0 spiro atoms. The van der Waals surface area contributed by atoms with Gasteiger partial charge in [0.05, 0.1) is 6.61 Å². The van der Waals surface area contributed by atoms with E-state index in [1.54, 1.807) is 7.11 Å². The van der Waals surface area contributed by atoms with E-state index >= 15 is 0 Å². The minimum atomic E-state index is -0.928. The Kier molecular flexibility index (Phi) is 18.8. The van der Waals surface area contributed by atoms with E-state index < -0.39 is 30.2 Å². The average Bonchev–Trinajstić information content (AvgIpc) is 3.49. The molecule has 1 aliphatic heterocycles. The van der Waals surface area contributed by atoms with Crippen LogP contribution in [0, 0.1) is 0 Å². The molecule has 0 N–H and O–H groups in total. The molecule has 0 amide bonds. The summed E-state index contributed by atoms with van der Waals surface area (Å²) >= 11 is 0. The van der Waals surface area contributed by atoms with Gasteiger partial charge in [-0.05, 0) is 23.1 Å². The predicted octanol–water partition coefficient (Wildman–Crippen LogP) is 10.9. The molecule has 3 aromatic carbocycles. The summed E-state index contributed by atoms with van der Waals surface area (Å²) in [6.07, 6.45) is 18.6. The first-order valence-electron chi connectivity index (χ1n) is 19.9. The second-order valence-corrected chi connectivity index (χ2v) is 14.1. The highest BCUT2D eigenvalue weighted by Gasteiger charge is 2.49. The highest BCUT2D eigenvalue weighted by molar-refractivity contribution is 5.66. The van der Waals surface area contributed by atoms with Crippen LogP contribution in [0.2, 0.25) is 0 Å². The van der Waals surface area contributed by atoms with Crippen molar-refractivity contribution < 1.29 is 28.5 Å². The maximum absolute atomic E-state index is 12.4. The lowest BCUT2D eigenvalue weighted by molar-refractivity contribution is -0.172. The molecule has 1 heterocycles. The number of hydrogen-bond acceptors (Lipinski definition) is 6. The second kappa shape index (κ2) is 23.5. The van der Waals surface area contributed by atoms with Crippen LogP contribution in [0.1, 0.15) is 133 Å². The van der Waals surface area contributed by atoms with Gasteiger partial charge in [0.15, 0.2) is 12.4 Å². The van der Waals surface area contributed by atoms with Crippen molar-refractivity contribution in [2.24, 2.45) is 0 Å². The molecule has 1 fully saturated rings. The molecule has 4 rings (SSSR count). The van der Waals surface area contributed by atoms with Crippen molar-refractivity contribution in [1.82, 2.24) is 0 Å². The van der Waals surface area contributed by atoms with Crippen molar-refractivity contribution in [1.29, 1.82) is 0 Å². The van der Waals surface area contributed by atoms with E-state index in [2.05, 4.69) is 43.3 Å². The maximum atomic E-state index is 12.4. The van der Waals surface area contributed by atoms with Crippen LogP contribution in [0.3, 0.4) is 0 Å². The van der Waals surface area contributed by atoms with Crippen molar-refractivity contribution in [3.05, 3.63) is 108 Å². The van der Waals surface area contributed by atoms with E-state index in [0.29, 0.717) is 6.61 Å². The number of esters is 1. The summed E-state index contributed by atoms with van der Waals surface area (Å²) in [5, 5.41) is 0. The molecular weight excluding hydrogens is 636 g/mol. The van der Waals surface area contributed by atoms with E-state index in [-0.39, 0.29) is 12.6 Å². The number of benzene rings is 3. The normalized spacial score (nSPS) is 19.0. The molecule has 280 valence electrons. The van der Waals surface area contributed by atoms with Crippen molar-refractivity contribution in [2.75, 3.05) is 20.3 Å². The fourth-order valence-corrected chi connectivity index (χ4v) is 7.37. The first-order valence-corrected chi connectivity index (χ1v) is 19.9. The van der Waals surface area contributed by atoms with Crippen LogP contribution >= 0.6 is 0 Å². The summed E-state index contributed by atoms with van der Waals surface area (Å²) in [6, 6.07) is 30.7. The van der Waals surface area contributed by atoms with Crippen LogP contribution in [-0.4, -0.2) is 50.9 Å². The van der Waals surface area contributed by atoms with E-state index in [0.717, 1.165) is 29.5 Å². The molecule has 1 saturated heterocycles. The average molecular weight is 701 g/mol. The largest absolute Gasteiger partial charge is 0.457 e. The summed E-state index contributed by atoms with van der Waals surface area (Å²) in [4.78, 5) is 12.4. The number of carbonyl (C=O) groups excluding carboxylic acids is 1. The molecule has 1 aliphatic rings. The fourth-order valence-electron chi connectivity index (χ4n) is 7.37. The van der Waals surface area contributed by atoms with Crippen molar-refractivity contribution >= 4 is 5.97 Å². The fraction of sp³-hybridized carbons (Fsp3) is 0.578. The molecule has 6 nitrogen and oxygen atoms in total. The lowest BCUT2D eigenvalue weighted by atomic mass is 9.80. The predicted molar refractivity (Wildman–Crippen MR) is 206 cm³/mol. The van der Waals surface area contributed by atoms with Gasteiger partial charge in [0.2, 0.25) is 0 Å². The van der Waals surface area contributed by atoms with Crippen LogP contribution in [0.5, 0.6) is 0 Å². The topological polar surface area (TPSA) is 63.2 Å². The molecule has 3 aromatic rings. The second-order valence-electron chi connectivity index (χ2n) is 14.1. The zero-order chi connectivity index (χ0) is 36.0. The maximum Gasteiger partial charge on any atom is 0.303 e. The Labute approximate surface area is 308 Å². The van der Waals surface area contributed by atoms with Gasteiger partial charge < -0.3 is 23.7 Å². The smallest absolute Gasteiger partial charge is 0.303 e. The summed E-state index contributed by atoms with van der Waals surface area (Å²) in [6.45, 7) is 4.41. The highest BCUT2D eigenvalue weighted by Crippen LogP contribution is 2.41. The lowest BCUT2D eigenvalue weighted by Gasteiger charge is -2.37. The van der Waals surface area contributed by atoms with E-state index in [4.69, 9.17) is 23.7 Å². The summed E-state index contributed by atoms with van der Waals surface area (Å²) in [5.74, 6) is -0.387. The van der Waals surface area contributed by atoms with E-state index in [9.17, 15) is 4.79 Å². The molecule has 0 aromatic heterocycles. The van der Waals surface area contributed by atoms with Crippen molar-refractivity contribution in [2.45, 2.75) is 147 Å². The Morgan fingerprint density at radius 3 is 1.41 bits per heavy atom. The monoisotopic (exact) mass is 700 g/mol. The minimum absolute atomic E-state index is 0.148. The first-order chi connectivity index (χ1) is 25.1. The van der Waals surface area contributed by atoms with Gasteiger partial charge in [-0.2, -0.15) is 0 Å². The van der Waals surface area contributed by atoms with E-state index in [1.165, 1.54) is 96.8 Å². The summed E-state index contributed by atoms with van der Waals surface area (Å²) in [7, 11) is 1.60.